The van der Waals surface area contributed by atoms with Crippen molar-refractivity contribution in [1.82, 2.24) is 0 Å². The molecular formula is C16H25ClOS2. The summed E-state index contributed by atoms with van der Waals surface area (Å²) < 4.78 is 0. The Morgan fingerprint density at radius 3 is 1.80 bits per heavy atom. The van der Waals surface area contributed by atoms with E-state index < -0.39 is 0 Å². The van der Waals surface area contributed by atoms with E-state index in [1.807, 2.05) is 35.7 Å². The number of halogens is 1. The fraction of sp³-hybridized carbons (Fsp3) is 0.625. The van der Waals surface area contributed by atoms with Crippen LogP contribution in [0.1, 0.15) is 50.7 Å². The molecule has 0 unspecified atom stereocenters. The molecule has 1 rings (SSSR count). The highest BCUT2D eigenvalue weighted by atomic mass is 35.5. The number of aromatic hydroxyl groups is 1. The lowest BCUT2D eigenvalue weighted by atomic mass is 10.1. The molecule has 0 aromatic heterocycles. The summed E-state index contributed by atoms with van der Waals surface area (Å²) in [6.07, 6.45) is 4.89. The number of phenols is 1. The fourth-order valence-electron chi connectivity index (χ4n) is 1.79. The second-order valence-electron chi connectivity index (χ2n) is 4.88. The maximum absolute atomic E-state index is 10.3. The van der Waals surface area contributed by atoms with Crippen LogP contribution in [0.25, 0.3) is 0 Å². The molecule has 0 saturated heterocycles. The standard InChI is InChI=1S/C16H25ClOS2/c1-3-5-7-19-11-13-9-15(17)10-14(16(13)18)12-20-8-6-4-2/h9-10,18H,3-8,11-12H2,1-2H3. The van der Waals surface area contributed by atoms with Crippen molar-refractivity contribution in [3.8, 4) is 5.75 Å². The molecule has 0 amide bonds. The van der Waals surface area contributed by atoms with Crippen molar-refractivity contribution in [3.63, 3.8) is 0 Å². The van der Waals surface area contributed by atoms with Crippen molar-refractivity contribution in [3.05, 3.63) is 28.3 Å². The summed E-state index contributed by atoms with van der Waals surface area (Å²) in [6, 6.07) is 3.80. The minimum Gasteiger partial charge on any atom is -0.507 e. The van der Waals surface area contributed by atoms with E-state index in [1.165, 1.54) is 25.7 Å². The lowest BCUT2D eigenvalue weighted by molar-refractivity contribution is 0.466. The summed E-state index contributed by atoms with van der Waals surface area (Å²) in [6.45, 7) is 4.39. The summed E-state index contributed by atoms with van der Waals surface area (Å²) in [7, 11) is 0. The molecule has 0 aliphatic rings. The molecule has 114 valence electrons. The maximum atomic E-state index is 10.3. The van der Waals surface area contributed by atoms with E-state index in [2.05, 4.69) is 13.8 Å². The fourth-order valence-corrected chi connectivity index (χ4v) is 4.21. The molecule has 0 saturated carbocycles. The van der Waals surface area contributed by atoms with Crippen molar-refractivity contribution in [2.45, 2.75) is 51.0 Å². The van der Waals surface area contributed by atoms with Crippen LogP contribution in [0, 0.1) is 0 Å². The molecule has 0 spiro atoms. The van der Waals surface area contributed by atoms with Gasteiger partial charge in [-0.15, -0.1) is 0 Å². The molecule has 1 aromatic rings. The van der Waals surface area contributed by atoms with Crippen LogP contribution in [0.2, 0.25) is 5.02 Å². The summed E-state index contributed by atoms with van der Waals surface area (Å²) in [5.74, 6) is 4.42. The first-order valence-electron chi connectivity index (χ1n) is 7.34. The van der Waals surface area contributed by atoms with Crippen molar-refractivity contribution in [2.24, 2.45) is 0 Å². The normalized spacial score (nSPS) is 10.9. The molecule has 0 radical (unpaired) electrons. The van der Waals surface area contributed by atoms with Crippen LogP contribution in [0.3, 0.4) is 0 Å². The Bertz CT molecular complexity index is 363. The van der Waals surface area contributed by atoms with Crippen LogP contribution >= 0.6 is 35.1 Å². The van der Waals surface area contributed by atoms with Gasteiger partial charge in [0, 0.05) is 27.7 Å². The average Bonchev–Trinajstić information content (AvgIpc) is 2.44. The third-order valence-corrected chi connectivity index (χ3v) is 5.44. The lowest BCUT2D eigenvalue weighted by Gasteiger charge is -2.11. The van der Waals surface area contributed by atoms with Gasteiger partial charge in [-0.1, -0.05) is 38.3 Å². The van der Waals surface area contributed by atoms with Gasteiger partial charge in [0.2, 0.25) is 0 Å². The van der Waals surface area contributed by atoms with Gasteiger partial charge in [-0.25, -0.2) is 0 Å². The van der Waals surface area contributed by atoms with Crippen LogP contribution in [0.15, 0.2) is 12.1 Å². The first kappa shape index (κ1) is 18.1. The predicted octanol–water partition coefficient (Wildman–Crippen LogP) is 6.11. The van der Waals surface area contributed by atoms with E-state index in [4.69, 9.17) is 11.6 Å². The van der Waals surface area contributed by atoms with E-state index in [0.717, 1.165) is 39.2 Å². The van der Waals surface area contributed by atoms with Crippen LogP contribution in [0.5, 0.6) is 5.75 Å². The summed E-state index contributed by atoms with van der Waals surface area (Å²) in [4.78, 5) is 0. The topological polar surface area (TPSA) is 20.2 Å². The van der Waals surface area contributed by atoms with Gasteiger partial charge in [-0.3, -0.25) is 0 Å². The van der Waals surface area contributed by atoms with Gasteiger partial charge >= 0.3 is 0 Å². The van der Waals surface area contributed by atoms with Crippen LogP contribution in [-0.2, 0) is 11.5 Å². The van der Waals surface area contributed by atoms with E-state index in [0.29, 0.717) is 5.75 Å². The highest BCUT2D eigenvalue weighted by molar-refractivity contribution is 7.98. The average molecular weight is 333 g/mol. The molecule has 4 heteroatoms. The number of unbranched alkanes of at least 4 members (excludes halogenated alkanes) is 2. The number of hydrogen-bond donors (Lipinski definition) is 1. The number of thioether (sulfide) groups is 2. The number of rotatable bonds is 10. The molecule has 0 bridgehead atoms. The quantitative estimate of drug-likeness (QED) is 0.522. The zero-order valence-corrected chi connectivity index (χ0v) is 14.8. The minimum absolute atomic E-state index is 0.447. The molecule has 0 fully saturated rings. The Morgan fingerprint density at radius 1 is 0.950 bits per heavy atom. The van der Waals surface area contributed by atoms with Crippen molar-refractivity contribution < 1.29 is 5.11 Å². The highest BCUT2D eigenvalue weighted by Crippen LogP contribution is 2.32. The largest absolute Gasteiger partial charge is 0.507 e. The van der Waals surface area contributed by atoms with Gasteiger partial charge in [0.05, 0.1) is 0 Å². The first-order valence-corrected chi connectivity index (χ1v) is 10.0. The van der Waals surface area contributed by atoms with E-state index in [9.17, 15) is 5.11 Å². The molecule has 20 heavy (non-hydrogen) atoms. The molecule has 0 aliphatic carbocycles. The third-order valence-electron chi connectivity index (χ3n) is 3.03. The van der Waals surface area contributed by atoms with Gasteiger partial charge in [0.15, 0.2) is 0 Å². The second-order valence-corrected chi connectivity index (χ2v) is 7.53. The Hall–Kier alpha value is 0.01000. The molecule has 1 N–H and O–H groups in total. The lowest BCUT2D eigenvalue weighted by Crippen LogP contribution is -1.91. The van der Waals surface area contributed by atoms with Crippen LogP contribution in [0.4, 0.5) is 0 Å². The first-order chi connectivity index (χ1) is 9.69. The van der Waals surface area contributed by atoms with Gasteiger partial charge in [-0.2, -0.15) is 23.5 Å². The zero-order valence-electron chi connectivity index (χ0n) is 12.5. The minimum atomic E-state index is 0.447. The SMILES string of the molecule is CCCCSCc1cc(Cl)cc(CSCCCC)c1O. The summed E-state index contributed by atoms with van der Waals surface area (Å²) in [5, 5.41) is 11.1. The molecule has 1 aromatic carbocycles. The van der Waals surface area contributed by atoms with E-state index in [-0.39, 0.29) is 0 Å². The Kier molecular flexibility index (Phi) is 9.66. The molecular weight excluding hydrogens is 308 g/mol. The van der Waals surface area contributed by atoms with Crippen molar-refractivity contribution in [2.75, 3.05) is 11.5 Å². The molecule has 1 nitrogen and oxygen atoms in total. The smallest absolute Gasteiger partial charge is 0.123 e. The van der Waals surface area contributed by atoms with Gasteiger partial charge in [0.1, 0.15) is 5.75 Å². The Balaban J connectivity index is 2.59. The summed E-state index contributed by atoms with van der Waals surface area (Å²) >= 11 is 9.91. The third kappa shape index (κ3) is 6.64. The van der Waals surface area contributed by atoms with E-state index >= 15 is 0 Å². The Morgan fingerprint density at radius 2 is 1.40 bits per heavy atom. The number of phenolic OH excluding ortho intramolecular Hbond substituents is 1. The monoisotopic (exact) mass is 332 g/mol. The van der Waals surface area contributed by atoms with Gasteiger partial charge < -0.3 is 5.11 Å². The van der Waals surface area contributed by atoms with Gasteiger partial charge in [-0.05, 0) is 36.5 Å². The highest BCUT2D eigenvalue weighted by Gasteiger charge is 2.09. The zero-order chi connectivity index (χ0) is 14.8. The molecule has 0 aliphatic heterocycles. The van der Waals surface area contributed by atoms with Crippen LogP contribution < -0.4 is 0 Å². The maximum Gasteiger partial charge on any atom is 0.123 e. The van der Waals surface area contributed by atoms with Crippen molar-refractivity contribution >= 4 is 35.1 Å². The summed E-state index contributed by atoms with van der Waals surface area (Å²) in [5.41, 5.74) is 1.95. The second kappa shape index (κ2) is 10.7. The number of hydrogen-bond acceptors (Lipinski definition) is 3. The predicted molar refractivity (Wildman–Crippen MR) is 95.3 cm³/mol. The molecule has 0 atom stereocenters. The van der Waals surface area contributed by atoms with Crippen molar-refractivity contribution in [1.29, 1.82) is 0 Å². The Labute approximate surface area is 136 Å². The van der Waals surface area contributed by atoms with Gasteiger partial charge in [0.25, 0.3) is 0 Å². The van der Waals surface area contributed by atoms with E-state index in [1.54, 1.807) is 0 Å². The number of benzene rings is 1. The molecule has 0 heterocycles. The van der Waals surface area contributed by atoms with Crippen LogP contribution in [-0.4, -0.2) is 16.6 Å².